The van der Waals surface area contributed by atoms with E-state index in [-0.39, 0.29) is 22.2 Å². The van der Waals surface area contributed by atoms with Gasteiger partial charge in [-0.3, -0.25) is 10.1 Å². The number of aromatic amines is 1. The van der Waals surface area contributed by atoms with Crippen molar-refractivity contribution in [3.63, 3.8) is 0 Å². The predicted molar refractivity (Wildman–Crippen MR) is 95.7 cm³/mol. The Morgan fingerprint density at radius 3 is 2.77 bits per heavy atom. The molecule has 9 nitrogen and oxygen atoms in total. The molecule has 0 bridgehead atoms. The zero-order valence-corrected chi connectivity index (χ0v) is 15.4. The van der Waals surface area contributed by atoms with E-state index in [1.165, 1.54) is 12.1 Å². The first-order chi connectivity index (χ1) is 12.4. The predicted octanol–water partition coefficient (Wildman–Crippen LogP) is 2.61. The first-order valence-electron chi connectivity index (χ1n) is 7.73. The number of rotatable bonds is 7. The highest BCUT2D eigenvalue weighted by molar-refractivity contribution is 7.93. The Labute approximate surface area is 153 Å². The summed E-state index contributed by atoms with van der Waals surface area (Å²) in [7, 11) is -3.44. The lowest BCUT2D eigenvalue weighted by Crippen LogP contribution is -2.05. The topological polar surface area (TPSA) is 132 Å². The SMILES string of the molecule is CCCS(=O)(=O)c1nnc(Cc2cc([N+](=O)[O-])ccc2-c2ncc[nH]2)s1. The number of nitrogens with zero attached hydrogens (tertiary/aromatic N) is 4. The third-order valence-corrected chi connectivity index (χ3v) is 6.87. The van der Waals surface area contributed by atoms with Crippen molar-refractivity contribution in [2.75, 3.05) is 5.75 Å². The van der Waals surface area contributed by atoms with Crippen LogP contribution in [0.2, 0.25) is 0 Å². The van der Waals surface area contributed by atoms with Gasteiger partial charge in [-0.1, -0.05) is 18.3 Å². The Balaban J connectivity index is 1.98. The maximum Gasteiger partial charge on any atom is 0.269 e. The summed E-state index contributed by atoms with van der Waals surface area (Å²) < 4.78 is 24.2. The van der Waals surface area contributed by atoms with Gasteiger partial charge in [0.15, 0.2) is 0 Å². The fraction of sp³-hybridized carbons (Fsp3) is 0.267. The molecular formula is C15H15N5O4S2. The van der Waals surface area contributed by atoms with E-state index in [2.05, 4.69) is 20.2 Å². The van der Waals surface area contributed by atoms with Crippen molar-refractivity contribution in [2.45, 2.75) is 24.1 Å². The molecule has 0 aliphatic carbocycles. The molecule has 1 aromatic carbocycles. The second-order valence-corrected chi connectivity index (χ2v) is 8.84. The molecule has 0 spiro atoms. The molecule has 0 unspecified atom stereocenters. The van der Waals surface area contributed by atoms with E-state index in [9.17, 15) is 18.5 Å². The Morgan fingerprint density at radius 1 is 1.31 bits per heavy atom. The standard InChI is InChI=1S/C15H15N5O4S2/c1-2-7-26(23,24)15-19-18-13(25-15)9-10-8-11(20(21)22)3-4-12(10)14-16-5-6-17-14/h3-6,8H,2,7,9H2,1H3,(H,16,17). The second kappa shape index (κ2) is 7.30. The summed E-state index contributed by atoms with van der Waals surface area (Å²) in [6, 6.07) is 4.46. The van der Waals surface area contributed by atoms with Gasteiger partial charge in [-0.2, -0.15) is 0 Å². The van der Waals surface area contributed by atoms with Gasteiger partial charge in [-0.25, -0.2) is 13.4 Å². The van der Waals surface area contributed by atoms with E-state index >= 15 is 0 Å². The summed E-state index contributed by atoms with van der Waals surface area (Å²) in [4.78, 5) is 17.8. The van der Waals surface area contributed by atoms with E-state index in [0.29, 0.717) is 28.4 Å². The molecule has 11 heteroatoms. The fourth-order valence-corrected chi connectivity index (χ4v) is 4.95. The largest absolute Gasteiger partial charge is 0.345 e. The molecule has 3 rings (SSSR count). The zero-order chi connectivity index (χ0) is 18.7. The molecule has 0 aliphatic rings. The molecular weight excluding hydrogens is 378 g/mol. The molecule has 0 aliphatic heterocycles. The van der Waals surface area contributed by atoms with Gasteiger partial charge >= 0.3 is 0 Å². The van der Waals surface area contributed by atoms with Gasteiger partial charge in [0, 0.05) is 36.5 Å². The number of benzene rings is 1. The third-order valence-electron chi connectivity index (χ3n) is 3.58. The average molecular weight is 393 g/mol. The highest BCUT2D eigenvalue weighted by atomic mass is 32.2. The van der Waals surface area contributed by atoms with Gasteiger partial charge in [0.1, 0.15) is 10.8 Å². The quantitative estimate of drug-likeness (QED) is 0.482. The van der Waals surface area contributed by atoms with Crippen LogP contribution in [-0.4, -0.2) is 39.3 Å². The lowest BCUT2D eigenvalue weighted by molar-refractivity contribution is -0.384. The Morgan fingerprint density at radius 2 is 2.12 bits per heavy atom. The van der Waals surface area contributed by atoms with Crippen molar-refractivity contribution in [2.24, 2.45) is 0 Å². The average Bonchev–Trinajstić information content (AvgIpc) is 3.26. The minimum absolute atomic E-state index is 0.0100. The number of hydrogen-bond donors (Lipinski definition) is 1. The van der Waals surface area contributed by atoms with Crippen LogP contribution in [-0.2, 0) is 16.3 Å². The monoisotopic (exact) mass is 393 g/mol. The molecule has 0 saturated heterocycles. The van der Waals surface area contributed by atoms with Gasteiger partial charge in [0.05, 0.1) is 10.7 Å². The maximum atomic E-state index is 12.1. The van der Waals surface area contributed by atoms with Crippen LogP contribution >= 0.6 is 11.3 Å². The van der Waals surface area contributed by atoms with Crippen molar-refractivity contribution < 1.29 is 13.3 Å². The first kappa shape index (κ1) is 18.1. The minimum Gasteiger partial charge on any atom is -0.345 e. The maximum absolute atomic E-state index is 12.1. The Hall–Kier alpha value is -2.66. The van der Waals surface area contributed by atoms with Crippen molar-refractivity contribution in [3.05, 3.63) is 51.3 Å². The van der Waals surface area contributed by atoms with Crippen molar-refractivity contribution in [1.29, 1.82) is 0 Å². The molecule has 0 radical (unpaired) electrons. The summed E-state index contributed by atoms with van der Waals surface area (Å²) in [5.41, 5.74) is 1.25. The second-order valence-electron chi connectivity index (χ2n) is 5.49. The van der Waals surface area contributed by atoms with Gasteiger partial charge in [0.2, 0.25) is 14.2 Å². The molecule has 2 aromatic heterocycles. The normalized spacial score (nSPS) is 11.6. The summed E-state index contributed by atoms with van der Waals surface area (Å²) in [5.74, 6) is 0.578. The number of non-ortho nitro benzene ring substituents is 1. The number of aromatic nitrogens is 4. The minimum atomic E-state index is -3.44. The van der Waals surface area contributed by atoms with Crippen LogP contribution in [0.4, 0.5) is 5.69 Å². The van der Waals surface area contributed by atoms with Gasteiger partial charge in [-0.15, -0.1) is 10.2 Å². The van der Waals surface area contributed by atoms with Gasteiger partial charge in [-0.05, 0) is 18.1 Å². The number of nitrogens with one attached hydrogen (secondary N) is 1. The number of H-pyrrole nitrogens is 1. The van der Waals surface area contributed by atoms with E-state index in [4.69, 9.17) is 0 Å². The molecule has 3 aromatic rings. The summed E-state index contributed by atoms with van der Waals surface area (Å²) >= 11 is 0.984. The molecule has 1 N–H and O–H groups in total. The molecule has 26 heavy (non-hydrogen) atoms. The van der Waals surface area contributed by atoms with E-state index < -0.39 is 14.8 Å². The zero-order valence-electron chi connectivity index (χ0n) is 13.7. The first-order valence-corrected chi connectivity index (χ1v) is 10.2. The smallest absolute Gasteiger partial charge is 0.269 e. The summed E-state index contributed by atoms with van der Waals surface area (Å²) in [6.45, 7) is 1.78. The third kappa shape index (κ3) is 3.78. The van der Waals surface area contributed by atoms with Crippen LogP contribution < -0.4 is 0 Å². The Bertz CT molecular complexity index is 1030. The van der Waals surface area contributed by atoms with Crippen molar-refractivity contribution >= 4 is 26.9 Å². The van der Waals surface area contributed by atoms with Crippen LogP contribution in [0.5, 0.6) is 0 Å². The van der Waals surface area contributed by atoms with Crippen LogP contribution in [0.25, 0.3) is 11.4 Å². The molecule has 0 atom stereocenters. The highest BCUT2D eigenvalue weighted by Crippen LogP contribution is 2.28. The molecule has 0 fully saturated rings. The number of sulfone groups is 1. The Kier molecular flexibility index (Phi) is 5.09. The van der Waals surface area contributed by atoms with Gasteiger partial charge < -0.3 is 4.98 Å². The molecule has 2 heterocycles. The number of imidazole rings is 1. The van der Waals surface area contributed by atoms with E-state index in [1.807, 2.05) is 0 Å². The number of hydrogen-bond acceptors (Lipinski definition) is 8. The summed E-state index contributed by atoms with van der Waals surface area (Å²) in [5, 5.41) is 19.3. The number of nitro groups is 1. The van der Waals surface area contributed by atoms with Crippen LogP contribution in [0.1, 0.15) is 23.9 Å². The van der Waals surface area contributed by atoms with E-state index in [0.717, 1.165) is 11.3 Å². The summed E-state index contributed by atoms with van der Waals surface area (Å²) in [6.07, 6.45) is 3.95. The molecule has 136 valence electrons. The van der Waals surface area contributed by atoms with Crippen molar-refractivity contribution in [3.8, 4) is 11.4 Å². The van der Waals surface area contributed by atoms with Gasteiger partial charge in [0.25, 0.3) is 5.69 Å². The van der Waals surface area contributed by atoms with Crippen LogP contribution in [0, 0.1) is 10.1 Å². The number of nitro benzene ring substituents is 1. The van der Waals surface area contributed by atoms with Crippen LogP contribution in [0.15, 0.2) is 34.9 Å². The van der Waals surface area contributed by atoms with Crippen molar-refractivity contribution in [1.82, 2.24) is 20.2 Å². The molecule has 0 amide bonds. The lowest BCUT2D eigenvalue weighted by atomic mass is 10.0. The van der Waals surface area contributed by atoms with E-state index in [1.54, 1.807) is 25.4 Å². The molecule has 0 saturated carbocycles. The lowest BCUT2D eigenvalue weighted by Gasteiger charge is -2.06. The van der Waals surface area contributed by atoms with Crippen LogP contribution in [0.3, 0.4) is 0 Å². The fourth-order valence-electron chi connectivity index (χ4n) is 2.44. The highest BCUT2D eigenvalue weighted by Gasteiger charge is 2.21.